The second-order valence-corrected chi connectivity index (χ2v) is 5.53. The minimum atomic E-state index is -1.07. The van der Waals surface area contributed by atoms with Gasteiger partial charge in [0.05, 0.1) is 22.3 Å². The van der Waals surface area contributed by atoms with Crippen molar-refractivity contribution in [2.24, 2.45) is 0 Å². The molecule has 2 aromatic heterocycles. The number of pyridine rings is 1. The predicted octanol–water partition coefficient (Wildman–Crippen LogP) is 4.13. The Kier molecular flexibility index (Phi) is 3.50. The topological polar surface area (TPSA) is 78.9 Å². The summed E-state index contributed by atoms with van der Waals surface area (Å²) in [4.78, 5) is 16.2. The SMILES string of the molecule is O=C(O)c1cc(-c2ccc(F)cc2)nc2n[nH]c(-c3ccccc3)c12. The molecule has 5 nitrogen and oxygen atoms in total. The summed E-state index contributed by atoms with van der Waals surface area (Å²) in [5.74, 6) is -1.44. The van der Waals surface area contributed by atoms with Gasteiger partial charge < -0.3 is 5.11 Å². The Bertz CT molecular complexity index is 1070. The van der Waals surface area contributed by atoms with E-state index in [1.54, 1.807) is 12.1 Å². The number of carbonyl (C=O) groups is 1. The number of hydrogen-bond acceptors (Lipinski definition) is 3. The van der Waals surface area contributed by atoms with Crippen LogP contribution in [0.4, 0.5) is 4.39 Å². The van der Waals surface area contributed by atoms with Crippen molar-refractivity contribution in [1.82, 2.24) is 15.2 Å². The molecule has 4 rings (SSSR count). The number of H-pyrrole nitrogens is 1. The van der Waals surface area contributed by atoms with Gasteiger partial charge in [-0.3, -0.25) is 5.10 Å². The summed E-state index contributed by atoms with van der Waals surface area (Å²) in [6, 6.07) is 16.6. The second kappa shape index (κ2) is 5.83. The lowest BCUT2D eigenvalue weighted by atomic mass is 10.0. The van der Waals surface area contributed by atoms with E-state index < -0.39 is 5.97 Å². The molecular weight excluding hydrogens is 321 g/mol. The van der Waals surface area contributed by atoms with Crippen LogP contribution >= 0.6 is 0 Å². The summed E-state index contributed by atoms with van der Waals surface area (Å²) in [5, 5.41) is 17.2. The molecule has 0 aliphatic carbocycles. The fourth-order valence-corrected chi connectivity index (χ4v) is 2.77. The molecule has 122 valence electrons. The first kappa shape index (κ1) is 15.0. The molecular formula is C19H12FN3O2. The maximum absolute atomic E-state index is 13.1. The molecule has 6 heteroatoms. The number of aromatic carboxylic acids is 1. The smallest absolute Gasteiger partial charge is 0.336 e. The molecule has 0 aliphatic heterocycles. The lowest BCUT2D eigenvalue weighted by Gasteiger charge is -2.05. The zero-order valence-corrected chi connectivity index (χ0v) is 12.9. The molecule has 0 fully saturated rings. The summed E-state index contributed by atoms with van der Waals surface area (Å²) in [7, 11) is 0. The highest BCUT2D eigenvalue weighted by molar-refractivity contribution is 6.08. The van der Waals surface area contributed by atoms with Gasteiger partial charge in [-0.15, -0.1) is 0 Å². The van der Waals surface area contributed by atoms with Gasteiger partial charge in [0.2, 0.25) is 0 Å². The third kappa shape index (κ3) is 2.63. The van der Waals surface area contributed by atoms with Gasteiger partial charge in [0.25, 0.3) is 0 Å². The van der Waals surface area contributed by atoms with Crippen LogP contribution in [0.15, 0.2) is 60.7 Å². The molecule has 2 heterocycles. The maximum atomic E-state index is 13.1. The van der Waals surface area contributed by atoms with Crippen molar-refractivity contribution in [2.45, 2.75) is 0 Å². The van der Waals surface area contributed by atoms with Gasteiger partial charge in [0.1, 0.15) is 5.82 Å². The Morgan fingerprint density at radius 3 is 2.40 bits per heavy atom. The van der Waals surface area contributed by atoms with Crippen molar-refractivity contribution < 1.29 is 14.3 Å². The summed E-state index contributed by atoms with van der Waals surface area (Å²) in [5.41, 5.74) is 2.87. The summed E-state index contributed by atoms with van der Waals surface area (Å²) in [6.45, 7) is 0. The van der Waals surface area contributed by atoms with Crippen LogP contribution in [0, 0.1) is 5.82 Å². The summed E-state index contributed by atoms with van der Waals surface area (Å²) < 4.78 is 13.1. The van der Waals surface area contributed by atoms with Gasteiger partial charge >= 0.3 is 5.97 Å². The Morgan fingerprint density at radius 2 is 1.72 bits per heavy atom. The minimum Gasteiger partial charge on any atom is -0.478 e. The van der Waals surface area contributed by atoms with Gasteiger partial charge in [0.15, 0.2) is 5.65 Å². The van der Waals surface area contributed by atoms with Crippen LogP contribution in [0.5, 0.6) is 0 Å². The van der Waals surface area contributed by atoms with Crippen LogP contribution in [0.25, 0.3) is 33.5 Å². The van der Waals surface area contributed by atoms with Crippen molar-refractivity contribution >= 4 is 17.0 Å². The van der Waals surface area contributed by atoms with Crippen LogP contribution in [0.3, 0.4) is 0 Å². The van der Waals surface area contributed by atoms with E-state index in [9.17, 15) is 14.3 Å². The van der Waals surface area contributed by atoms with E-state index in [0.717, 1.165) is 5.56 Å². The van der Waals surface area contributed by atoms with Crippen molar-refractivity contribution in [3.63, 3.8) is 0 Å². The van der Waals surface area contributed by atoms with E-state index in [1.807, 2.05) is 30.3 Å². The first-order valence-corrected chi connectivity index (χ1v) is 7.57. The molecule has 0 unspecified atom stereocenters. The first-order valence-electron chi connectivity index (χ1n) is 7.57. The van der Waals surface area contributed by atoms with Crippen molar-refractivity contribution in [3.05, 3.63) is 72.0 Å². The van der Waals surface area contributed by atoms with Crippen LogP contribution in [-0.2, 0) is 0 Å². The minimum absolute atomic E-state index is 0.0944. The molecule has 2 aromatic carbocycles. The average molecular weight is 333 g/mol. The van der Waals surface area contributed by atoms with Gasteiger partial charge in [-0.2, -0.15) is 5.10 Å². The van der Waals surface area contributed by atoms with E-state index in [1.165, 1.54) is 18.2 Å². The van der Waals surface area contributed by atoms with Crippen molar-refractivity contribution in [3.8, 4) is 22.5 Å². The Labute approximate surface area is 141 Å². The average Bonchev–Trinajstić information content (AvgIpc) is 3.06. The summed E-state index contributed by atoms with van der Waals surface area (Å²) >= 11 is 0. The molecule has 0 saturated carbocycles. The number of nitrogens with one attached hydrogen (secondary N) is 1. The molecule has 0 aliphatic rings. The molecule has 0 spiro atoms. The molecule has 2 N–H and O–H groups in total. The number of fused-ring (bicyclic) bond motifs is 1. The Balaban J connectivity index is 1.97. The molecule has 25 heavy (non-hydrogen) atoms. The fraction of sp³-hybridized carbons (Fsp3) is 0. The highest BCUT2D eigenvalue weighted by Gasteiger charge is 2.19. The third-order valence-electron chi connectivity index (χ3n) is 3.96. The molecule has 0 radical (unpaired) electrons. The van der Waals surface area contributed by atoms with Gasteiger partial charge in [0, 0.05) is 11.1 Å². The lowest BCUT2D eigenvalue weighted by molar-refractivity contribution is 0.0699. The summed E-state index contributed by atoms with van der Waals surface area (Å²) in [6.07, 6.45) is 0. The third-order valence-corrected chi connectivity index (χ3v) is 3.96. The van der Waals surface area contributed by atoms with Crippen LogP contribution < -0.4 is 0 Å². The highest BCUT2D eigenvalue weighted by Crippen LogP contribution is 2.31. The Morgan fingerprint density at radius 1 is 1.00 bits per heavy atom. The standard InChI is InChI=1S/C19H12FN3O2/c20-13-8-6-11(7-9-13)15-10-14(19(24)25)16-17(22-23-18(16)21-15)12-4-2-1-3-5-12/h1-10H,(H,24,25)(H,21,22,23). The number of rotatable bonds is 3. The quantitative estimate of drug-likeness (QED) is 0.591. The van der Waals surface area contributed by atoms with E-state index in [2.05, 4.69) is 15.2 Å². The maximum Gasteiger partial charge on any atom is 0.336 e. The number of nitrogens with zero attached hydrogens (tertiary/aromatic N) is 2. The van der Waals surface area contributed by atoms with Crippen molar-refractivity contribution in [2.75, 3.05) is 0 Å². The van der Waals surface area contributed by atoms with E-state index in [-0.39, 0.29) is 11.4 Å². The monoisotopic (exact) mass is 333 g/mol. The first-order chi connectivity index (χ1) is 12.1. The highest BCUT2D eigenvalue weighted by atomic mass is 19.1. The van der Waals surface area contributed by atoms with Crippen LogP contribution in [0.1, 0.15) is 10.4 Å². The van der Waals surface area contributed by atoms with Gasteiger partial charge in [-0.05, 0) is 30.3 Å². The van der Waals surface area contributed by atoms with Gasteiger partial charge in [-0.1, -0.05) is 30.3 Å². The normalized spacial score (nSPS) is 10.9. The zero-order valence-electron chi connectivity index (χ0n) is 12.9. The Hall–Kier alpha value is -3.54. The number of carboxylic acids is 1. The number of halogens is 1. The predicted molar refractivity (Wildman–Crippen MR) is 91.7 cm³/mol. The second-order valence-electron chi connectivity index (χ2n) is 5.53. The molecule has 0 bridgehead atoms. The fourth-order valence-electron chi connectivity index (χ4n) is 2.77. The number of carboxylic acid groups (broad SMARTS) is 1. The molecule has 0 atom stereocenters. The van der Waals surface area contributed by atoms with Crippen LogP contribution in [0.2, 0.25) is 0 Å². The van der Waals surface area contributed by atoms with E-state index >= 15 is 0 Å². The number of benzene rings is 2. The van der Waals surface area contributed by atoms with Crippen LogP contribution in [-0.4, -0.2) is 26.3 Å². The lowest BCUT2D eigenvalue weighted by Crippen LogP contribution is -2.00. The zero-order chi connectivity index (χ0) is 17.4. The number of aromatic nitrogens is 3. The molecule has 0 amide bonds. The number of hydrogen-bond donors (Lipinski definition) is 2. The van der Waals surface area contributed by atoms with Crippen molar-refractivity contribution in [1.29, 1.82) is 0 Å². The molecule has 0 saturated heterocycles. The number of aromatic amines is 1. The van der Waals surface area contributed by atoms with E-state index in [0.29, 0.717) is 28.0 Å². The van der Waals surface area contributed by atoms with E-state index in [4.69, 9.17) is 0 Å². The van der Waals surface area contributed by atoms with Gasteiger partial charge in [-0.25, -0.2) is 14.2 Å². The largest absolute Gasteiger partial charge is 0.478 e. The molecule has 4 aromatic rings.